The van der Waals surface area contributed by atoms with Crippen LogP contribution in [0.3, 0.4) is 0 Å². The minimum atomic E-state index is 0.595. The van der Waals surface area contributed by atoms with Crippen molar-refractivity contribution in [2.75, 3.05) is 6.54 Å². The van der Waals surface area contributed by atoms with Crippen LogP contribution < -0.4 is 5.32 Å². The van der Waals surface area contributed by atoms with E-state index in [1.807, 2.05) is 13.2 Å². The molecule has 0 bridgehead atoms. The van der Waals surface area contributed by atoms with E-state index in [9.17, 15) is 0 Å². The van der Waals surface area contributed by atoms with E-state index in [2.05, 4.69) is 32.6 Å². The minimum Gasteiger partial charge on any atom is -0.311 e. The molecule has 0 unspecified atom stereocenters. The van der Waals surface area contributed by atoms with Crippen LogP contribution in [0.2, 0.25) is 0 Å². The normalized spacial score (nSPS) is 10.9. The second kappa shape index (κ2) is 5.53. The summed E-state index contributed by atoms with van der Waals surface area (Å²) < 4.78 is 3.50. The predicted octanol–water partition coefficient (Wildman–Crippen LogP) is -0.0455. The fourth-order valence-electron chi connectivity index (χ4n) is 1.50. The van der Waals surface area contributed by atoms with Crippen molar-refractivity contribution < 1.29 is 0 Å². The SMILES string of the molecule is CCCNCc1cn(Cc2ncnn2C)nn1. The van der Waals surface area contributed by atoms with Gasteiger partial charge < -0.3 is 5.32 Å². The third-order valence-electron chi connectivity index (χ3n) is 2.43. The van der Waals surface area contributed by atoms with Crippen molar-refractivity contribution in [2.45, 2.75) is 26.4 Å². The highest BCUT2D eigenvalue weighted by Crippen LogP contribution is 1.97. The monoisotopic (exact) mass is 235 g/mol. The zero-order chi connectivity index (χ0) is 12.1. The van der Waals surface area contributed by atoms with E-state index in [0.29, 0.717) is 6.54 Å². The molecule has 0 aromatic carbocycles. The fraction of sp³-hybridized carbons (Fsp3) is 0.600. The molecule has 7 heteroatoms. The quantitative estimate of drug-likeness (QED) is 0.711. The minimum absolute atomic E-state index is 0.595. The first-order valence-electron chi connectivity index (χ1n) is 5.72. The Morgan fingerprint density at radius 2 is 2.29 bits per heavy atom. The van der Waals surface area contributed by atoms with Gasteiger partial charge in [0.2, 0.25) is 0 Å². The van der Waals surface area contributed by atoms with Gasteiger partial charge in [-0.25, -0.2) is 9.67 Å². The number of rotatable bonds is 6. The number of nitrogens with zero attached hydrogens (tertiary/aromatic N) is 6. The summed E-state index contributed by atoms with van der Waals surface area (Å²) in [5.74, 6) is 0.864. The highest BCUT2D eigenvalue weighted by Gasteiger charge is 2.04. The van der Waals surface area contributed by atoms with Crippen LogP contribution in [0.5, 0.6) is 0 Å². The van der Waals surface area contributed by atoms with E-state index in [4.69, 9.17) is 0 Å². The molecule has 0 radical (unpaired) electrons. The number of nitrogens with one attached hydrogen (secondary N) is 1. The van der Waals surface area contributed by atoms with E-state index in [0.717, 1.165) is 31.0 Å². The van der Waals surface area contributed by atoms with Gasteiger partial charge in [0.1, 0.15) is 18.7 Å². The Morgan fingerprint density at radius 3 is 3.00 bits per heavy atom. The molecular weight excluding hydrogens is 218 g/mol. The Balaban J connectivity index is 1.92. The molecule has 0 saturated heterocycles. The van der Waals surface area contributed by atoms with Crippen molar-refractivity contribution in [3.8, 4) is 0 Å². The van der Waals surface area contributed by atoms with Crippen molar-refractivity contribution in [2.24, 2.45) is 7.05 Å². The number of hydrogen-bond donors (Lipinski definition) is 1. The van der Waals surface area contributed by atoms with Gasteiger partial charge in [-0.2, -0.15) is 5.10 Å². The lowest BCUT2D eigenvalue weighted by Gasteiger charge is -1.99. The predicted molar refractivity (Wildman–Crippen MR) is 62.1 cm³/mol. The topological polar surface area (TPSA) is 73.5 Å². The third kappa shape index (κ3) is 3.10. The number of aryl methyl sites for hydroxylation is 1. The van der Waals surface area contributed by atoms with Crippen LogP contribution in [0, 0.1) is 0 Å². The summed E-state index contributed by atoms with van der Waals surface area (Å²) in [4.78, 5) is 4.14. The Hall–Kier alpha value is -1.76. The molecule has 0 spiro atoms. The van der Waals surface area contributed by atoms with Gasteiger partial charge in [-0.1, -0.05) is 12.1 Å². The lowest BCUT2D eigenvalue weighted by molar-refractivity contribution is 0.589. The van der Waals surface area contributed by atoms with Gasteiger partial charge in [0.15, 0.2) is 0 Å². The van der Waals surface area contributed by atoms with Gasteiger partial charge in [0.25, 0.3) is 0 Å². The Kier molecular flexibility index (Phi) is 3.81. The summed E-state index contributed by atoms with van der Waals surface area (Å²) in [5, 5.41) is 15.4. The van der Waals surface area contributed by atoms with Gasteiger partial charge >= 0.3 is 0 Å². The Labute approximate surface area is 99.9 Å². The van der Waals surface area contributed by atoms with Gasteiger partial charge in [-0.05, 0) is 13.0 Å². The summed E-state index contributed by atoms with van der Waals surface area (Å²) in [7, 11) is 1.86. The van der Waals surface area contributed by atoms with Gasteiger partial charge in [-0.3, -0.25) is 4.68 Å². The van der Waals surface area contributed by atoms with Crippen molar-refractivity contribution in [1.82, 2.24) is 35.1 Å². The highest BCUT2D eigenvalue weighted by atomic mass is 15.4. The Morgan fingerprint density at radius 1 is 1.41 bits per heavy atom. The molecule has 0 aliphatic heterocycles. The first-order valence-corrected chi connectivity index (χ1v) is 5.72. The van der Waals surface area contributed by atoms with Crippen LogP contribution in [-0.2, 0) is 20.1 Å². The van der Waals surface area contributed by atoms with Crippen LogP contribution in [-0.4, -0.2) is 36.3 Å². The zero-order valence-electron chi connectivity index (χ0n) is 10.2. The van der Waals surface area contributed by atoms with E-state index in [1.54, 1.807) is 9.36 Å². The molecule has 92 valence electrons. The molecule has 0 fully saturated rings. The second-order valence-corrected chi connectivity index (χ2v) is 3.88. The molecule has 2 heterocycles. The van der Waals surface area contributed by atoms with Crippen LogP contribution >= 0.6 is 0 Å². The molecule has 0 atom stereocenters. The van der Waals surface area contributed by atoms with Gasteiger partial charge in [0, 0.05) is 13.6 Å². The zero-order valence-corrected chi connectivity index (χ0v) is 10.2. The maximum Gasteiger partial charge on any atom is 0.148 e. The number of aromatic nitrogens is 6. The third-order valence-corrected chi connectivity index (χ3v) is 2.43. The van der Waals surface area contributed by atoms with E-state index in [1.165, 1.54) is 6.33 Å². The molecule has 7 nitrogen and oxygen atoms in total. The van der Waals surface area contributed by atoms with Crippen molar-refractivity contribution >= 4 is 0 Å². The second-order valence-electron chi connectivity index (χ2n) is 3.88. The molecule has 1 N–H and O–H groups in total. The van der Waals surface area contributed by atoms with Crippen LogP contribution in [0.25, 0.3) is 0 Å². The smallest absolute Gasteiger partial charge is 0.148 e. The lowest BCUT2D eigenvalue weighted by atomic mass is 10.4. The fourth-order valence-corrected chi connectivity index (χ4v) is 1.50. The van der Waals surface area contributed by atoms with Crippen molar-refractivity contribution in [3.63, 3.8) is 0 Å². The standard InChI is InChI=1S/C10H17N7/c1-3-4-11-5-9-6-17(15-14-9)7-10-12-8-13-16(10)2/h6,8,11H,3-5,7H2,1-2H3. The van der Waals surface area contributed by atoms with Crippen molar-refractivity contribution in [1.29, 1.82) is 0 Å². The highest BCUT2D eigenvalue weighted by molar-refractivity contribution is 4.94. The average Bonchev–Trinajstić information content (AvgIpc) is 2.91. The van der Waals surface area contributed by atoms with Gasteiger partial charge in [-0.15, -0.1) is 5.10 Å². The first-order chi connectivity index (χ1) is 8.29. The van der Waals surface area contributed by atoms with Crippen LogP contribution in [0.4, 0.5) is 0 Å². The molecular formula is C10H17N7. The van der Waals surface area contributed by atoms with Crippen LogP contribution in [0.1, 0.15) is 24.9 Å². The van der Waals surface area contributed by atoms with Crippen molar-refractivity contribution in [3.05, 3.63) is 24.0 Å². The maximum atomic E-state index is 4.14. The molecule has 2 rings (SSSR count). The van der Waals surface area contributed by atoms with Crippen LogP contribution in [0.15, 0.2) is 12.5 Å². The maximum absolute atomic E-state index is 4.14. The van der Waals surface area contributed by atoms with E-state index in [-0.39, 0.29) is 0 Å². The molecule has 0 aliphatic rings. The summed E-state index contributed by atoms with van der Waals surface area (Å²) >= 11 is 0. The van der Waals surface area contributed by atoms with E-state index < -0.39 is 0 Å². The average molecular weight is 235 g/mol. The molecule has 2 aromatic heterocycles. The molecule has 0 amide bonds. The summed E-state index contributed by atoms with van der Waals surface area (Å²) in [6, 6.07) is 0. The lowest BCUT2D eigenvalue weighted by Crippen LogP contribution is -2.14. The largest absolute Gasteiger partial charge is 0.311 e. The molecule has 2 aromatic rings. The Bertz CT molecular complexity index is 459. The van der Waals surface area contributed by atoms with Gasteiger partial charge in [0.05, 0.1) is 11.9 Å². The molecule has 0 aliphatic carbocycles. The number of hydrogen-bond acceptors (Lipinski definition) is 5. The van der Waals surface area contributed by atoms with E-state index >= 15 is 0 Å². The summed E-state index contributed by atoms with van der Waals surface area (Å²) in [5.41, 5.74) is 0.945. The first kappa shape index (κ1) is 11.7. The summed E-state index contributed by atoms with van der Waals surface area (Å²) in [6.07, 6.45) is 4.58. The summed E-state index contributed by atoms with van der Waals surface area (Å²) in [6.45, 7) is 4.48. The molecule has 17 heavy (non-hydrogen) atoms. The molecule has 0 saturated carbocycles.